The van der Waals surface area contributed by atoms with Crippen LogP contribution in [0.2, 0.25) is 0 Å². The Bertz CT molecular complexity index is 1850. The second-order valence-electron chi connectivity index (χ2n) is 8.56. The summed E-state index contributed by atoms with van der Waals surface area (Å²) in [6, 6.07) is 17.7. The molecule has 0 aliphatic carbocycles. The van der Waals surface area contributed by atoms with Crippen molar-refractivity contribution in [1.82, 2.24) is 39.6 Å². The molecule has 0 radical (unpaired) electrons. The van der Waals surface area contributed by atoms with Gasteiger partial charge in [0.2, 0.25) is 0 Å². The normalized spacial score (nSPS) is 11.1. The van der Waals surface area contributed by atoms with Gasteiger partial charge in [-0.05, 0) is 30.3 Å². The average Bonchev–Trinajstić information content (AvgIpc) is 3.56. The molecule has 0 unspecified atom stereocenters. The molecule has 0 saturated heterocycles. The first-order chi connectivity index (χ1) is 18.5. The summed E-state index contributed by atoms with van der Waals surface area (Å²) in [5, 5.41) is 26.3. The molecule has 38 heavy (non-hydrogen) atoms. The van der Waals surface area contributed by atoms with Crippen molar-refractivity contribution in [3.05, 3.63) is 96.0 Å². The molecule has 0 atom stereocenters. The van der Waals surface area contributed by atoms with E-state index in [1.807, 2.05) is 18.2 Å². The summed E-state index contributed by atoms with van der Waals surface area (Å²) in [6.45, 7) is 0. The Labute approximate surface area is 215 Å². The summed E-state index contributed by atoms with van der Waals surface area (Å²) in [5.74, 6) is 0.131. The van der Waals surface area contributed by atoms with Crippen LogP contribution in [-0.4, -0.2) is 39.6 Å². The first-order valence-electron chi connectivity index (χ1n) is 11.6. The molecule has 2 N–H and O–H groups in total. The zero-order chi connectivity index (χ0) is 26.2. The Kier molecular flexibility index (Phi) is 5.54. The van der Waals surface area contributed by atoms with Gasteiger partial charge in [-0.15, -0.1) is 0 Å². The van der Waals surface area contributed by atoms with Gasteiger partial charge in [-0.25, -0.2) is 18.9 Å². The Morgan fingerprint density at radius 1 is 1.00 bits per heavy atom. The number of fused-ring (bicyclic) bond motifs is 1. The van der Waals surface area contributed by atoms with E-state index < -0.39 is 0 Å². The summed E-state index contributed by atoms with van der Waals surface area (Å²) in [4.78, 5) is 9.28. The topological polar surface area (TPSA) is 136 Å². The molecule has 11 heteroatoms. The molecule has 0 bridgehead atoms. The number of aromatic nitrogens is 8. The lowest BCUT2D eigenvalue weighted by atomic mass is 10.0. The fourth-order valence-corrected chi connectivity index (χ4v) is 4.48. The maximum Gasteiger partial charge on any atom is 0.198 e. The molecule has 0 aliphatic heterocycles. The number of nitriles is 1. The molecular weight excluding hydrogens is 483 g/mol. The highest BCUT2D eigenvalue weighted by Crippen LogP contribution is 2.33. The summed E-state index contributed by atoms with van der Waals surface area (Å²) in [6.07, 6.45) is 4.92. The monoisotopic (exact) mass is 502 g/mol. The van der Waals surface area contributed by atoms with Crippen molar-refractivity contribution in [2.75, 3.05) is 5.73 Å². The van der Waals surface area contributed by atoms with Crippen molar-refractivity contribution in [3.8, 4) is 39.8 Å². The Morgan fingerprint density at radius 2 is 1.87 bits per heavy atom. The van der Waals surface area contributed by atoms with Crippen LogP contribution in [0.5, 0.6) is 0 Å². The predicted octanol–water partition coefficient (Wildman–Crippen LogP) is 3.83. The number of hydrogen-bond donors (Lipinski definition) is 1. The molecule has 0 spiro atoms. The molecule has 0 fully saturated rings. The van der Waals surface area contributed by atoms with Gasteiger partial charge in [-0.1, -0.05) is 24.3 Å². The smallest absolute Gasteiger partial charge is 0.198 e. The van der Waals surface area contributed by atoms with Gasteiger partial charge in [0.15, 0.2) is 17.3 Å². The molecule has 4 aromatic heterocycles. The van der Waals surface area contributed by atoms with Gasteiger partial charge in [-0.3, -0.25) is 4.68 Å². The molecule has 6 rings (SSSR count). The minimum Gasteiger partial charge on any atom is -0.381 e. The quantitative estimate of drug-likeness (QED) is 0.376. The van der Waals surface area contributed by atoms with E-state index in [4.69, 9.17) is 10.8 Å². The van der Waals surface area contributed by atoms with Crippen molar-refractivity contribution in [1.29, 1.82) is 5.26 Å². The first kappa shape index (κ1) is 22.9. The van der Waals surface area contributed by atoms with Crippen molar-refractivity contribution < 1.29 is 4.39 Å². The maximum atomic E-state index is 15.1. The fraction of sp³-hybridized carbons (Fsp3) is 0.0741. The van der Waals surface area contributed by atoms with Crippen LogP contribution in [0.4, 0.5) is 10.2 Å². The molecule has 0 amide bonds. The number of anilines is 1. The molecule has 6 aromatic rings. The number of rotatable bonds is 5. The largest absolute Gasteiger partial charge is 0.381 e. The zero-order valence-corrected chi connectivity index (χ0v) is 20.1. The highest BCUT2D eigenvalue weighted by Gasteiger charge is 2.22. The number of halogens is 1. The number of hydrogen-bond acceptors (Lipinski definition) is 8. The lowest BCUT2D eigenvalue weighted by Gasteiger charge is -2.12. The van der Waals surface area contributed by atoms with E-state index in [1.165, 1.54) is 6.07 Å². The summed E-state index contributed by atoms with van der Waals surface area (Å²) in [7, 11) is 1.80. The number of nitrogens with two attached hydrogens (primary N) is 1. The third-order valence-electron chi connectivity index (χ3n) is 6.22. The van der Waals surface area contributed by atoms with Gasteiger partial charge in [-0.2, -0.15) is 25.7 Å². The molecule has 184 valence electrons. The lowest BCUT2D eigenvalue weighted by Crippen LogP contribution is -2.05. The van der Waals surface area contributed by atoms with E-state index in [0.717, 1.165) is 5.69 Å². The van der Waals surface area contributed by atoms with E-state index in [1.54, 1.807) is 65.2 Å². The van der Waals surface area contributed by atoms with Crippen LogP contribution >= 0.6 is 0 Å². The van der Waals surface area contributed by atoms with Crippen molar-refractivity contribution in [3.63, 3.8) is 0 Å². The highest BCUT2D eigenvalue weighted by molar-refractivity contribution is 5.82. The minimum atomic E-state index is -0.374. The van der Waals surface area contributed by atoms with Crippen LogP contribution in [-0.2, 0) is 13.5 Å². The van der Waals surface area contributed by atoms with Crippen LogP contribution in [0, 0.1) is 17.1 Å². The maximum absolute atomic E-state index is 15.1. The van der Waals surface area contributed by atoms with Crippen LogP contribution in [0.3, 0.4) is 0 Å². The Hall–Kier alpha value is -5.50. The minimum absolute atomic E-state index is 0.113. The first-order valence-corrected chi connectivity index (χ1v) is 11.6. The summed E-state index contributed by atoms with van der Waals surface area (Å²) in [5.41, 5.74) is 11.5. The second kappa shape index (κ2) is 9.18. The second-order valence-corrected chi connectivity index (χ2v) is 8.56. The average molecular weight is 503 g/mol. The standard InChI is InChI=1S/C27H19FN10/c1-37-22(9-11-33-37)19-6-3-7-21(28)20(19)13-23-34-27-26(30)35-24(17-5-2-4-16(12-17)14-29)25(38(27)36-23)18-8-10-31-32-15-18/h2-12,15H,13H2,1H3,(H2,30,35). The fourth-order valence-electron chi connectivity index (χ4n) is 4.48. The van der Waals surface area contributed by atoms with E-state index in [9.17, 15) is 5.26 Å². The number of nitrogens with zero attached hydrogens (tertiary/aromatic N) is 9. The van der Waals surface area contributed by atoms with Gasteiger partial charge in [0.05, 0.1) is 35.4 Å². The zero-order valence-electron chi connectivity index (χ0n) is 20.1. The van der Waals surface area contributed by atoms with Gasteiger partial charge in [0, 0.05) is 41.9 Å². The molecule has 0 aliphatic rings. The molecule has 2 aromatic carbocycles. The third kappa shape index (κ3) is 3.90. The lowest BCUT2D eigenvalue weighted by molar-refractivity contribution is 0.612. The van der Waals surface area contributed by atoms with Crippen LogP contribution < -0.4 is 5.73 Å². The molecule has 0 saturated carbocycles. The van der Waals surface area contributed by atoms with Gasteiger partial charge in [0.1, 0.15) is 11.5 Å². The summed E-state index contributed by atoms with van der Waals surface area (Å²) >= 11 is 0. The number of benzene rings is 2. The van der Waals surface area contributed by atoms with Crippen molar-refractivity contribution in [2.45, 2.75) is 6.42 Å². The third-order valence-corrected chi connectivity index (χ3v) is 6.22. The van der Waals surface area contributed by atoms with Crippen LogP contribution in [0.25, 0.3) is 39.4 Å². The highest BCUT2D eigenvalue weighted by atomic mass is 19.1. The van der Waals surface area contributed by atoms with Crippen molar-refractivity contribution >= 4 is 11.5 Å². The molecule has 4 heterocycles. The van der Waals surface area contributed by atoms with Gasteiger partial charge in [0.25, 0.3) is 0 Å². The predicted molar refractivity (Wildman–Crippen MR) is 138 cm³/mol. The number of aryl methyl sites for hydroxylation is 1. The van der Waals surface area contributed by atoms with E-state index in [0.29, 0.717) is 50.7 Å². The van der Waals surface area contributed by atoms with Crippen molar-refractivity contribution in [2.24, 2.45) is 7.05 Å². The van der Waals surface area contributed by atoms with Crippen LogP contribution in [0.15, 0.2) is 73.2 Å². The van der Waals surface area contributed by atoms with Gasteiger partial charge >= 0.3 is 0 Å². The molecule has 10 nitrogen and oxygen atoms in total. The number of nitrogen functional groups attached to an aromatic ring is 1. The Balaban J connectivity index is 1.56. The Morgan fingerprint density at radius 3 is 2.63 bits per heavy atom. The SMILES string of the molecule is Cn1nccc1-c1cccc(F)c1Cc1nc2c(N)nc(-c3cccc(C#N)c3)c(-c3ccnnc3)n2n1. The molecular formula is C27H19FN10. The van der Waals surface area contributed by atoms with Gasteiger partial charge < -0.3 is 5.73 Å². The van der Waals surface area contributed by atoms with Crippen LogP contribution in [0.1, 0.15) is 17.0 Å². The van der Waals surface area contributed by atoms with E-state index in [-0.39, 0.29) is 18.1 Å². The van der Waals surface area contributed by atoms with E-state index >= 15 is 4.39 Å². The van der Waals surface area contributed by atoms with E-state index in [2.05, 4.69) is 31.3 Å². The summed E-state index contributed by atoms with van der Waals surface area (Å²) < 4.78 is 18.4.